The second kappa shape index (κ2) is 5.59. The van der Waals surface area contributed by atoms with E-state index in [1.807, 2.05) is 20.8 Å². The van der Waals surface area contributed by atoms with Crippen molar-refractivity contribution in [2.45, 2.75) is 39.2 Å². The predicted molar refractivity (Wildman–Crippen MR) is 64.3 cm³/mol. The lowest BCUT2D eigenvalue weighted by Gasteiger charge is -2.31. The van der Waals surface area contributed by atoms with Crippen LogP contribution in [0.15, 0.2) is 16.9 Å². The van der Waals surface area contributed by atoms with E-state index in [4.69, 9.17) is 10.3 Å². The molecule has 6 nitrogen and oxygen atoms in total. The molecular weight excluding hydrogens is 220 g/mol. The topological polar surface area (TPSA) is 78.3 Å². The van der Waals surface area contributed by atoms with Crippen LogP contribution in [0.3, 0.4) is 0 Å². The van der Waals surface area contributed by atoms with E-state index in [1.165, 1.54) is 6.20 Å². The Labute approximate surface area is 101 Å². The molecule has 17 heavy (non-hydrogen) atoms. The highest BCUT2D eigenvalue weighted by atomic mass is 16.6. The van der Waals surface area contributed by atoms with Crippen molar-refractivity contribution < 1.29 is 9.53 Å². The molecule has 0 atom stereocenters. The van der Waals surface area contributed by atoms with Gasteiger partial charge < -0.3 is 9.64 Å². The molecule has 0 bridgehead atoms. The van der Waals surface area contributed by atoms with Crippen molar-refractivity contribution in [3.05, 3.63) is 22.2 Å². The Kier molecular flexibility index (Phi) is 4.40. The van der Waals surface area contributed by atoms with Gasteiger partial charge in [0.2, 0.25) is 0 Å². The van der Waals surface area contributed by atoms with Gasteiger partial charge in [-0.1, -0.05) is 5.11 Å². The van der Waals surface area contributed by atoms with Crippen LogP contribution in [0.2, 0.25) is 0 Å². The number of ether oxygens (including phenoxy) is 1. The monoisotopic (exact) mass is 238 g/mol. The summed E-state index contributed by atoms with van der Waals surface area (Å²) in [6, 6.07) is 0. The average Bonchev–Trinajstić information content (AvgIpc) is 2.24. The minimum absolute atomic E-state index is 0.316. The Hall–Kier alpha value is -1.68. The minimum Gasteiger partial charge on any atom is -0.444 e. The lowest BCUT2D eigenvalue weighted by atomic mass is 10.1. The van der Waals surface area contributed by atoms with Crippen LogP contribution in [0.1, 0.15) is 33.6 Å². The van der Waals surface area contributed by atoms with Gasteiger partial charge in [-0.25, -0.2) is 4.79 Å². The highest BCUT2D eigenvalue weighted by Crippen LogP contribution is 2.18. The molecule has 0 radical (unpaired) electrons. The summed E-state index contributed by atoms with van der Waals surface area (Å²) in [5.41, 5.74) is 8.71. The molecule has 1 aliphatic heterocycles. The quantitative estimate of drug-likeness (QED) is 0.399. The normalized spacial score (nSPS) is 18.8. The van der Waals surface area contributed by atoms with Crippen LogP contribution >= 0.6 is 0 Å². The van der Waals surface area contributed by atoms with Crippen molar-refractivity contribution in [1.82, 2.24) is 4.90 Å². The molecule has 0 unspecified atom stereocenters. The number of carbonyl (C=O) groups is 1. The summed E-state index contributed by atoms with van der Waals surface area (Å²) in [4.78, 5) is 16.1. The maximum absolute atomic E-state index is 11.8. The molecule has 0 aliphatic carbocycles. The van der Waals surface area contributed by atoms with Crippen molar-refractivity contribution in [1.29, 1.82) is 0 Å². The SMILES string of the molecule is CC(C)(C)OC(=O)N1CCC/C(=C\N=[N+]=[N-])C1. The van der Waals surface area contributed by atoms with Gasteiger partial charge in [0.05, 0.1) is 0 Å². The van der Waals surface area contributed by atoms with Crippen LogP contribution in [0.4, 0.5) is 4.79 Å². The zero-order valence-corrected chi connectivity index (χ0v) is 10.5. The molecule has 1 amide bonds. The van der Waals surface area contributed by atoms with Crippen LogP contribution < -0.4 is 0 Å². The number of hydrogen-bond acceptors (Lipinski definition) is 3. The lowest BCUT2D eigenvalue weighted by molar-refractivity contribution is 0.0246. The zero-order valence-electron chi connectivity index (χ0n) is 10.5. The third-order valence-electron chi connectivity index (χ3n) is 2.26. The molecule has 0 N–H and O–H groups in total. The van der Waals surface area contributed by atoms with E-state index >= 15 is 0 Å². The van der Waals surface area contributed by atoms with Crippen molar-refractivity contribution >= 4 is 6.09 Å². The van der Waals surface area contributed by atoms with Gasteiger partial charge in [-0.2, -0.15) is 0 Å². The first-order valence-electron chi connectivity index (χ1n) is 5.62. The van der Waals surface area contributed by atoms with E-state index in [2.05, 4.69) is 10.0 Å². The first-order valence-corrected chi connectivity index (χ1v) is 5.62. The number of nitrogens with zero attached hydrogens (tertiary/aromatic N) is 4. The molecular formula is C11H18N4O2. The number of rotatable bonds is 1. The Morgan fingerprint density at radius 2 is 2.29 bits per heavy atom. The van der Waals surface area contributed by atoms with Gasteiger partial charge >= 0.3 is 6.09 Å². The number of carbonyl (C=O) groups excluding carboxylic acids is 1. The van der Waals surface area contributed by atoms with E-state index in [9.17, 15) is 4.79 Å². The van der Waals surface area contributed by atoms with Crippen LogP contribution in [0.25, 0.3) is 10.4 Å². The average molecular weight is 238 g/mol. The van der Waals surface area contributed by atoms with Gasteiger partial charge in [-0.15, -0.1) is 0 Å². The molecule has 94 valence electrons. The molecule has 0 saturated carbocycles. The molecule has 1 heterocycles. The van der Waals surface area contributed by atoms with Crippen LogP contribution in [-0.2, 0) is 4.74 Å². The van der Waals surface area contributed by atoms with Crippen molar-refractivity contribution in [2.24, 2.45) is 5.11 Å². The highest BCUT2D eigenvalue weighted by molar-refractivity contribution is 5.68. The molecule has 0 aromatic carbocycles. The summed E-state index contributed by atoms with van der Waals surface area (Å²) < 4.78 is 5.29. The third kappa shape index (κ3) is 4.78. The summed E-state index contributed by atoms with van der Waals surface area (Å²) >= 11 is 0. The number of likely N-dealkylation sites (tertiary alicyclic amines) is 1. The summed E-state index contributed by atoms with van der Waals surface area (Å²) in [6.45, 7) is 6.68. The van der Waals surface area contributed by atoms with E-state index in [1.54, 1.807) is 4.90 Å². The zero-order chi connectivity index (χ0) is 12.9. The molecule has 6 heteroatoms. The number of hydrogen-bond donors (Lipinski definition) is 0. The smallest absolute Gasteiger partial charge is 0.410 e. The minimum atomic E-state index is -0.483. The molecule has 0 aromatic heterocycles. The van der Waals surface area contributed by atoms with Crippen LogP contribution in [-0.4, -0.2) is 29.7 Å². The molecule has 1 fully saturated rings. The van der Waals surface area contributed by atoms with E-state index in [-0.39, 0.29) is 6.09 Å². The predicted octanol–water partition coefficient (Wildman–Crippen LogP) is 3.21. The maximum atomic E-state index is 11.8. The Bertz CT molecular complexity index is 364. The van der Waals surface area contributed by atoms with Gasteiger partial charge in [0.1, 0.15) is 5.60 Å². The third-order valence-corrected chi connectivity index (χ3v) is 2.26. The molecule has 1 rings (SSSR count). The largest absolute Gasteiger partial charge is 0.444 e. The van der Waals surface area contributed by atoms with Crippen LogP contribution in [0, 0.1) is 0 Å². The van der Waals surface area contributed by atoms with Gasteiger partial charge in [0.25, 0.3) is 0 Å². The Morgan fingerprint density at radius 1 is 1.59 bits per heavy atom. The molecule has 1 saturated heterocycles. The fraction of sp³-hybridized carbons (Fsp3) is 0.727. The molecule has 0 aromatic rings. The maximum Gasteiger partial charge on any atom is 0.410 e. The van der Waals surface area contributed by atoms with Gasteiger partial charge in [-0.05, 0) is 44.7 Å². The van der Waals surface area contributed by atoms with E-state index in [0.29, 0.717) is 13.1 Å². The van der Waals surface area contributed by atoms with Gasteiger partial charge in [-0.3, -0.25) is 0 Å². The Balaban J connectivity index is 2.60. The first-order chi connectivity index (χ1) is 7.92. The second-order valence-corrected chi connectivity index (χ2v) is 5.00. The van der Waals surface area contributed by atoms with E-state index in [0.717, 1.165) is 18.4 Å². The summed E-state index contributed by atoms with van der Waals surface area (Å²) in [6.07, 6.45) is 2.89. The first kappa shape index (κ1) is 13.4. The van der Waals surface area contributed by atoms with E-state index < -0.39 is 5.60 Å². The number of azide groups is 1. The number of amides is 1. The fourth-order valence-electron chi connectivity index (χ4n) is 1.60. The van der Waals surface area contributed by atoms with Crippen molar-refractivity contribution in [3.63, 3.8) is 0 Å². The number of piperidine rings is 1. The Morgan fingerprint density at radius 3 is 2.88 bits per heavy atom. The summed E-state index contributed by atoms with van der Waals surface area (Å²) in [7, 11) is 0. The van der Waals surface area contributed by atoms with Crippen molar-refractivity contribution in [3.8, 4) is 0 Å². The van der Waals surface area contributed by atoms with Crippen molar-refractivity contribution in [2.75, 3.05) is 13.1 Å². The summed E-state index contributed by atoms with van der Waals surface area (Å²) in [5.74, 6) is 0. The molecule has 0 spiro atoms. The molecule has 1 aliphatic rings. The fourth-order valence-corrected chi connectivity index (χ4v) is 1.60. The lowest BCUT2D eigenvalue weighted by Crippen LogP contribution is -2.40. The van der Waals surface area contributed by atoms with Gasteiger partial charge in [0, 0.05) is 24.2 Å². The van der Waals surface area contributed by atoms with Gasteiger partial charge in [0.15, 0.2) is 0 Å². The summed E-state index contributed by atoms with van der Waals surface area (Å²) in [5, 5.41) is 3.40. The second-order valence-electron chi connectivity index (χ2n) is 5.00. The standard InChI is InChI=1S/C11H18N4O2/c1-11(2,3)17-10(16)15-6-4-5-9(8-15)7-13-14-12/h7H,4-6,8H2,1-3H3/b9-7+. The van der Waals surface area contributed by atoms with Crippen LogP contribution in [0.5, 0.6) is 0 Å². The highest BCUT2D eigenvalue weighted by Gasteiger charge is 2.24.